The van der Waals surface area contributed by atoms with E-state index >= 15 is 0 Å². The van der Waals surface area contributed by atoms with Gasteiger partial charge in [0.05, 0.1) is 17.7 Å². The number of amides is 1. The van der Waals surface area contributed by atoms with Gasteiger partial charge >= 0.3 is 0 Å². The van der Waals surface area contributed by atoms with Gasteiger partial charge in [-0.1, -0.05) is 13.3 Å². The van der Waals surface area contributed by atoms with Gasteiger partial charge in [-0.3, -0.25) is 9.69 Å². The number of fused-ring (bicyclic) bond motifs is 1. The standard InChI is InChI=1S/C21H30N6O/c1-15(13-26-11-8-22-16(26)2)21(28)27-10-7-18-17(14-27)12-23-20(24-18)19-6-4-5-9-25(19)3/h8,11-12,15,19H,4-7,9-10,13-14H2,1-3H3/t15-,19+/m0/s1. The van der Waals surface area contributed by atoms with Crippen LogP contribution in [0, 0.1) is 12.8 Å². The molecule has 0 bridgehead atoms. The van der Waals surface area contributed by atoms with E-state index in [-0.39, 0.29) is 11.8 Å². The van der Waals surface area contributed by atoms with Crippen LogP contribution in [0.15, 0.2) is 18.6 Å². The Morgan fingerprint density at radius 2 is 2.14 bits per heavy atom. The lowest BCUT2D eigenvalue weighted by Crippen LogP contribution is -2.41. The number of carbonyl (C=O) groups is 1. The van der Waals surface area contributed by atoms with Gasteiger partial charge in [-0.15, -0.1) is 0 Å². The fraction of sp³-hybridized carbons (Fsp3) is 0.619. The zero-order valence-corrected chi connectivity index (χ0v) is 17.1. The highest BCUT2D eigenvalue weighted by molar-refractivity contribution is 5.78. The highest BCUT2D eigenvalue weighted by atomic mass is 16.2. The van der Waals surface area contributed by atoms with Crippen LogP contribution >= 0.6 is 0 Å². The molecule has 0 radical (unpaired) electrons. The molecule has 2 aromatic rings. The Bertz CT molecular complexity index is 847. The summed E-state index contributed by atoms with van der Waals surface area (Å²) < 4.78 is 2.04. The molecule has 0 spiro atoms. The van der Waals surface area contributed by atoms with Gasteiger partial charge in [-0.05, 0) is 33.4 Å². The van der Waals surface area contributed by atoms with Crippen LogP contribution in [0.2, 0.25) is 0 Å². The van der Waals surface area contributed by atoms with E-state index in [2.05, 4.69) is 21.9 Å². The predicted octanol–water partition coefficient (Wildman–Crippen LogP) is 2.36. The molecule has 150 valence electrons. The first-order valence-corrected chi connectivity index (χ1v) is 10.3. The predicted molar refractivity (Wildman–Crippen MR) is 107 cm³/mol. The third-order valence-corrected chi connectivity index (χ3v) is 6.15. The molecule has 4 rings (SSSR count). The molecule has 7 heteroatoms. The number of hydrogen-bond donors (Lipinski definition) is 0. The Hall–Kier alpha value is -2.28. The Labute approximate surface area is 166 Å². The van der Waals surface area contributed by atoms with Crippen LogP contribution in [0.4, 0.5) is 0 Å². The van der Waals surface area contributed by atoms with Crippen LogP contribution in [0.1, 0.15) is 55.1 Å². The zero-order valence-electron chi connectivity index (χ0n) is 17.1. The first kappa shape index (κ1) is 19.1. The Kier molecular flexibility index (Phi) is 5.44. The summed E-state index contributed by atoms with van der Waals surface area (Å²) in [5.74, 6) is 2.00. The van der Waals surface area contributed by atoms with E-state index in [0.717, 1.165) is 48.8 Å². The fourth-order valence-corrected chi connectivity index (χ4v) is 4.36. The largest absolute Gasteiger partial charge is 0.338 e. The minimum absolute atomic E-state index is 0.0782. The minimum atomic E-state index is -0.0782. The van der Waals surface area contributed by atoms with Crippen molar-refractivity contribution >= 4 is 5.91 Å². The molecule has 0 aromatic carbocycles. The van der Waals surface area contributed by atoms with Gasteiger partial charge in [0.25, 0.3) is 0 Å². The maximum absolute atomic E-state index is 12.9. The lowest BCUT2D eigenvalue weighted by Gasteiger charge is -2.33. The van der Waals surface area contributed by atoms with Crippen molar-refractivity contribution in [2.75, 3.05) is 20.1 Å². The third-order valence-electron chi connectivity index (χ3n) is 6.15. The van der Waals surface area contributed by atoms with Gasteiger partial charge < -0.3 is 9.47 Å². The number of likely N-dealkylation sites (tertiary alicyclic amines) is 1. The summed E-state index contributed by atoms with van der Waals surface area (Å²) in [6, 6.07) is 0.331. The van der Waals surface area contributed by atoms with Crippen LogP contribution in [0.5, 0.6) is 0 Å². The molecule has 28 heavy (non-hydrogen) atoms. The van der Waals surface area contributed by atoms with Gasteiger partial charge in [0.15, 0.2) is 0 Å². The van der Waals surface area contributed by atoms with Gasteiger partial charge in [-0.2, -0.15) is 0 Å². The highest BCUT2D eigenvalue weighted by Crippen LogP contribution is 2.28. The van der Waals surface area contributed by atoms with Crippen molar-refractivity contribution in [2.24, 2.45) is 5.92 Å². The van der Waals surface area contributed by atoms with Crippen LogP contribution in [0.25, 0.3) is 0 Å². The lowest BCUT2D eigenvalue weighted by atomic mass is 10.0. The molecule has 2 aliphatic heterocycles. The van der Waals surface area contributed by atoms with E-state index in [0.29, 0.717) is 19.1 Å². The summed E-state index contributed by atoms with van der Waals surface area (Å²) >= 11 is 0. The van der Waals surface area contributed by atoms with E-state index in [1.807, 2.05) is 35.7 Å². The van der Waals surface area contributed by atoms with Crippen molar-refractivity contribution < 1.29 is 4.79 Å². The van der Waals surface area contributed by atoms with E-state index in [4.69, 9.17) is 4.98 Å². The van der Waals surface area contributed by atoms with Crippen LogP contribution < -0.4 is 0 Å². The molecule has 1 saturated heterocycles. The summed E-state index contributed by atoms with van der Waals surface area (Å²) in [6.45, 7) is 7.08. The monoisotopic (exact) mass is 382 g/mol. The second-order valence-electron chi connectivity index (χ2n) is 8.23. The second kappa shape index (κ2) is 7.99. The molecule has 0 unspecified atom stereocenters. The minimum Gasteiger partial charge on any atom is -0.338 e. The van der Waals surface area contributed by atoms with Crippen LogP contribution in [-0.2, 0) is 24.3 Å². The lowest BCUT2D eigenvalue weighted by molar-refractivity contribution is -0.136. The number of carbonyl (C=O) groups excluding carboxylic acids is 1. The summed E-state index contributed by atoms with van der Waals surface area (Å²) in [5.41, 5.74) is 2.21. The topological polar surface area (TPSA) is 67.2 Å². The number of rotatable bonds is 4. The van der Waals surface area contributed by atoms with E-state index in [9.17, 15) is 4.79 Å². The first-order chi connectivity index (χ1) is 13.5. The quantitative estimate of drug-likeness (QED) is 0.812. The Morgan fingerprint density at radius 3 is 2.89 bits per heavy atom. The summed E-state index contributed by atoms with van der Waals surface area (Å²) in [5, 5.41) is 0. The number of aromatic nitrogens is 4. The van der Waals surface area contributed by atoms with Crippen molar-refractivity contribution in [2.45, 2.75) is 58.7 Å². The normalized spacial score (nSPS) is 21.4. The van der Waals surface area contributed by atoms with Crippen LogP contribution in [0.3, 0.4) is 0 Å². The van der Waals surface area contributed by atoms with Gasteiger partial charge in [0.1, 0.15) is 11.6 Å². The summed E-state index contributed by atoms with van der Waals surface area (Å²) in [7, 11) is 2.16. The molecule has 1 fully saturated rings. The molecular weight excluding hydrogens is 352 g/mol. The van der Waals surface area contributed by atoms with Gasteiger partial charge in [-0.25, -0.2) is 15.0 Å². The van der Waals surface area contributed by atoms with Crippen molar-refractivity contribution in [1.82, 2.24) is 29.3 Å². The van der Waals surface area contributed by atoms with E-state index in [1.54, 1.807) is 6.20 Å². The molecule has 0 N–H and O–H groups in total. The number of piperidine rings is 1. The Balaban J connectivity index is 1.43. The molecular formula is C21H30N6O. The first-order valence-electron chi connectivity index (χ1n) is 10.3. The molecule has 2 aromatic heterocycles. The van der Waals surface area contributed by atoms with Crippen LogP contribution in [-0.4, -0.2) is 55.4 Å². The van der Waals surface area contributed by atoms with Crippen molar-refractivity contribution in [1.29, 1.82) is 0 Å². The maximum atomic E-state index is 12.9. The molecule has 0 saturated carbocycles. The third kappa shape index (κ3) is 3.81. The van der Waals surface area contributed by atoms with Crippen molar-refractivity contribution in [3.8, 4) is 0 Å². The molecule has 2 aliphatic rings. The second-order valence-corrected chi connectivity index (χ2v) is 8.23. The SMILES string of the molecule is Cc1nccn1C[C@H](C)C(=O)N1CCc2nc([C@H]3CCCCN3C)ncc2C1. The number of imidazole rings is 1. The molecule has 7 nitrogen and oxygen atoms in total. The van der Waals surface area contributed by atoms with E-state index in [1.165, 1.54) is 12.8 Å². The molecule has 4 heterocycles. The number of aryl methyl sites for hydroxylation is 1. The Morgan fingerprint density at radius 1 is 1.29 bits per heavy atom. The van der Waals surface area contributed by atoms with Gasteiger partial charge in [0, 0.05) is 50.2 Å². The smallest absolute Gasteiger partial charge is 0.227 e. The maximum Gasteiger partial charge on any atom is 0.227 e. The molecule has 2 atom stereocenters. The molecule has 1 amide bonds. The number of nitrogens with zero attached hydrogens (tertiary/aromatic N) is 6. The van der Waals surface area contributed by atoms with E-state index < -0.39 is 0 Å². The fourth-order valence-electron chi connectivity index (χ4n) is 4.36. The summed E-state index contributed by atoms with van der Waals surface area (Å²) in [4.78, 5) is 31.1. The summed E-state index contributed by atoms with van der Waals surface area (Å²) in [6.07, 6.45) is 10.1. The molecule has 0 aliphatic carbocycles. The van der Waals surface area contributed by atoms with Gasteiger partial charge in [0.2, 0.25) is 5.91 Å². The highest BCUT2D eigenvalue weighted by Gasteiger charge is 2.28. The zero-order chi connectivity index (χ0) is 19.7. The number of hydrogen-bond acceptors (Lipinski definition) is 5. The average molecular weight is 383 g/mol. The average Bonchev–Trinajstić information content (AvgIpc) is 3.11. The van der Waals surface area contributed by atoms with Crippen molar-refractivity contribution in [3.63, 3.8) is 0 Å². The van der Waals surface area contributed by atoms with Crippen molar-refractivity contribution in [3.05, 3.63) is 41.5 Å².